The average molecular weight is 344 g/mol. The Morgan fingerprint density at radius 3 is 2.92 bits per heavy atom. The van der Waals surface area contributed by atoms with Crippen LogP contribution in [0, 0.1) is 12.7 Å². The first kappa shape index (κ1) is 16.7. The number of aryl methyl sites for hydroxylation is 2. The van der Waals surface area contributed by atoms with Crippen LogP contribution in [0.15, 0.2) is 18.2 Å². The molecule has 1 aromatic heterocycles. The third-order valence-electron chi connectivity index (χ3n) is 3.81. The molecule has 9 heteroatoms. The monoisotopic (exact) mass is 344 g/mol. The molecule has 0 unspecified atom stereocenters. The molecule has 1 aromatic carbocycles. The Morgan fingerprint density at radius 1 is 1.38 bits per heavy atom. The van der Waals surface area contributed by atoms with Crippen molar-refractivity contribution in [2.24, 2.45) is 0 Å². The van der Waals surface area contributed by atoms with Crippen LogP contribution >= 0.6 is 0 Å². The van der Waals surface area contributed by atoms with Crippen LogP contribution in [-0.2, 0) is 13.1 Å². The topological polar surface area (TPSA) is 52.0 Å². The SMILES string of the molecule is Cc1nc2n(n1)CCC[C@H]2NCc1c(F)cccc1OC(F)(F)F. The maximum atomic E-state index is 14.0. The zero-order valence-electron chi connectivity index (χ0n) is 12.9. The van der Waals surface area contributed by atoms with E-state index in [9.17, 15) is 17.6 Å². The lowest BCUT2D eigenvalue weighted by Gasteiger charge is -2.24. The lowest BCUT2D eigenvalue weighted by molar-refractivity contribution is -0.275. The van der Waals surface area contributed by atoms with Gasteiger partial charge >= 0.3 is 6.36 Å². The third kappa shape index (κ3) is 3.66. The summed E-state index contributed by atoms with van der Waals surface area (Å²) in [5.74, 6) is 0.0558. The molecule has 0 radical (unpaired) electrons. The van der Waals surface area contributed by atoms with Crippen LogP contribution in [-0.4, -0.2) is 21.1 Å². The molecule has 24 heavy (non-hydrogen) atoms. The molecule has 1 aliphatic heterocycles. The van der Waals surface area contributed by atoms with Gasteiger partial charge < -0.3 is 10.1 Å². The summed E-state index contributed by atoms with van der Waals surface area (Å²) in [6.07, 6.45) is -3.26. The molecule has 0 amide bonds. The van der Waals surface area contributed by atoms with Crippen molar-refractivity contribution in [1.82, 2.24) is 20.1 Å². The quantitative estimate of drug-likeness (QED) is 0.865. The van der Waals surface area contributed by atoms with Gasteiger partial charge in [0.2, 0.25) is 0 Å². The van der Waals surface area contributed by atoms with Crippen molar-refractivity contribution in [3.8, 4) is 5.75 Å². The number of halogens is 4. The van der Waals surface area contributed by atoms with Crippen molar-refractivity contribution in [2.45, 2.75) is 45.3 Å². The zero-order valence-corrected chi connectivity index (χ0v) is 12.9. The summed E-state index contributed by atoms with van der Waals surface area (Å²) in [6.45, 7) is 2.42. The minimum Gasteiger partial charge on any atom is -0.405 e. The maximum absolute atomic E-state index is 14.0. The highest BCUT2D eigenvalue weighted by Gasteiger charge is 2.33. The molecule has 0 saturated carbocycles. The highest BCUT2D eigenvalue weighted by atomic mass is 19.4. The summed E-state index contributed by atoms with van der Waals surface area (Å²) in [7, 11) is 0. The predicted molar refractivity (Wildman–Crippen MR) is 76.7 cm³/mol. The second-order valence-corrected chi connectivity index (χ2v) is 5.58. The van der Waals surface area contributed by atoms with E-state index in [2.05, 4.69) is 20.1 Å². The first-order chi connectivity index (χ1) is 11.3. The van der Waals surface area contributed by atoms with Crippen LogP contribution in [0.4, 0.5) is 17.6 Å². The molecule has 0 aliphatic carbocycles. The summed E-state index contributed by atoms with van der Waals surface area (Å²) < 4.78 is 57.0. The molecule has 0 saturated heterocycles. The van der Waals surface area contributed by atoms with Crippen LogP contribution in [0.3, 0.4) is 0 Å². The summed E-state index contributed by atoms with van der Waals surface area (Å²) >= 11 is 0. The fourth-order valence-corrected chi connectivity index (χ4v) is 2.82. The van der Waals surface area contributed by atoms with Crippen LogP contribution in [0.1, 0.15) is 36.1 Å². The van der Waals surface area contributed by atoms with E-state index >= 15 is 0 Å². The first-order valence-electron chi connectivity index (χ1n) is 7.51. The molecule has 5 nitrogen and oxygen atoms in total. The van der Waals surface area contributed by atoms with Gasteiger partial charge in [0, 0.05) is 18.7 Å². The summed E-state index contributed by atoms with van der Waals surface area (Å²) in [5.41, 5.74) is -0.164. The van der Waals surface area contributed by atoms with Gasteiger partial charge in [0.1, 0.15) is 23.2 Å². The van der Waals surface area contributed by atoms with Gasteiger partial charge in [-0.1, -0.05) is 6.07 Å². The van der Waals surface area contributed by atoms with E-state index in [1.54, 1.807) is 11.6 Å². The number of benzene rings is 1. The lowest BCUT2D eigenvalue weighted by Crippen LogP contribution is -2.29. The summed E-state index contributed by atoms with van der Waals surface area (Å²) in [4.78, 5) is 4.33. The molecule has 0 bridgehead atoms. The van der Waals surface area contributed by atoms with Crippen molar-refractivity contribution in [2.75, 3.05) is 0 Å². The van der Waals surface area contributed by atoms with Crippen molar-refractivity contribution in [1.29, 1.82) is 0 Å². The van der Waals surface area contributed by atoms with E-state index in [-0.39, 0.29) is 18.2 Å². The Balaban J connectivity index is 1.78. The minimum atomic E-state index is -4.87. The fourth-order valence-electron chi connectivity index (χ4n) is 2.82. The van der Waals surface area contributed by atoms with Crippen molar-refractivity contribution < 1.29 is 22.3 Å². The molecule has 1 atom stereocenters. The van der Waals surface area contributed by atoms with Crippen molar-refractivity contribution in [3.05, 3.63) is 41.2 Å². The molecule has 130 valence electrons. The van der Waals surface area contributed by atoms with Gasteiger partial charge in [-0.2, -0.15) is 5.10 Å². The van der Waals surface area contributed by atoms with Gasteiger partial charge in [-0.15, -0.1) is 13.2 Å². The Morgan fingerprint density at radius 2 is 2.17 bits per heavy atom. The number of aromatic nitrogens is 3. The van der Waals surface area contributed by atoms with E-state index in [0.29, 0.717) is 11.6 Å². The van der Waals surface area contributed by atoms with E-state index in [0.717, 1.165) is 31.5 Å². The molecular formula is C15H16F4N4O. The predicted octanol–water partition coefficient (Wildman–Crippen LogP) is 3.25. The number of hydrogen-bond donors (Lipinski definition) is 1. The van der Waals surface area contributed by atoms with Gasteiger partial charge in [0.25, 0.3) is 0 Å². The van der Waals surface area contributed by atoms with Crippen LogP contribution < -0.4 is 10.1 Å². The lowest BCUT2D eigenvalue weighted by atomic mass is 10.1. The molecule has 2 aromatic rings. The average Bonchev–Trinajstić information content (AvgIpc) is 2.86. The second-order valence-electron chi connectivity index (χ2n) is 5.58. The number of fused-ring (bicyclic) bond motifs is 1. The van der Waals surface area contributed by atoms with Crippen LogP contribution in [0.5, 0.6) is 5.75 Å². The number of hydrogen-bond acceptors (Lipinski definition) is 4. The molecule has 2 heterocycles. The Labute approximate surface area is 135 Å². The highest BCUT2D eigenvalue weighted by molar-refractivity contribution is 5.35. The summed E-state index contributed by atoms with van der Waals surface area (Å²) in [5, 5.41) is 7.32. The van der Waals surface area contributed by atoms with Crippen LogP contribution in [0.2, 0.25) is 0 Å². The largest absolute Gasteiger partial charge is 0.573 e. The Kier molecular flexibility index (Phi) is 4.44. The number of nitrogens with one attached hydrogen (secondary N) is 1. The van der Waals surface area contributed by atoms with Crippen molar-refractivity contribution in [3.63, 3.8) is 0 Å². The van der Waals surface area contributed by atoms with Gasteiger partial charge in [-0.05, 0) is 31.9 Å². The third-order valence-corrected chi connectivity index (χ3v) is 3.81. The van der Waals surface area contributed by atoms with Gasteiger partial charge in [-0.3, -0.25) is 0 Å². The Hall–Kier alpha value is -2.16. The first-order valence-corrected chi connectivity index (χ1v) is 7.51. The summed E-state index contributed by atoms with van der Waals surface area (Å²) in [6, 6.07) is 3.19. The molecular weight excluding hydrogens is 328 g/mol. The smallest absolute Gasteiger partial charge is 0.405 e. The molecule has 0 fully saturated rings. The van der Waals surface area contributed by atoms with E-state index in [1.165, 1.54) is 6.07 Å². The van der Waals surface area contributed by atoms with Gasteiger partial charge in [0.15, 0.2) is 0 Å². The Bertz CT molecular complexity index is 729. The number of nitrogens with zero attached hydrogens (tertiary/aromatic N) is 3. The van der Waals surface area contributed by atoms with E-state index in [4.69, 9.17) is 0 Å². The number of rotatable bonds is 4. The molecule has 0 spiro atoms. The zero-order chi connectivity index (χ0) is 17.3. The van der Waals surface area contributed by atoms with Gasteiger partial charge in [0.05, 0.1) is 6.04 Å². The van der Waals surface area contributed by atoms with Crippen LogP contribution in [0.25, 0.3) is 0 Å². The maximum Gasteiger partial charge on any atom is 0.573 e. The minimum absolute atomic E-state index is 0.103. The van der Waals surface area contributed by atoms with Gasteiger partial charge in [-0.25, -0.2) is 14.1 Å². The fraction of sp³-hybridized carbons (Fsp3) is 0.467. The molecule has 1 N–H and O–H groups in total. The van der Waals surface area contributed by atoms with Crippen molar-refractivity contribution >= 4 is 0 Å². The highest BCUT2D eigenvalue weighted by Crippen LogP contribution is 2.29. The number of alkyl halides is 3. The van der Waals surface area contributed by atoms with E-state index < -0.39 is 17.9 Å². The second kappa shape index (κ2) is 6.39. The normalized spacial score (nSPS) is 17.6. The number of ether oxygens (including phenoxy) is 1. The van der Waals surface area contributed by atoms with E-state index in [1.807, 2.05) is 0 Å². The molecule has 1 aliphatic rings. The standard InChI is InChI=1S/C15H16F4N4O/c1-9-21-14-12(5-3-7-23(14)22-9)20-8-10-11(16)4-2-6-13(10)24-15(17,18)19/h2,4,6,12,20H,3,5,7-8H2,1H3/t12-/m1/s1. The molecule has 3 rings (SSSR count).